The Kier molecular flexibility index (Phi) is 5.54. The topological polar surface area (TPSA) is 128 Å². The van der Waals surface area contributed by atoms with E-state index in [0.717, 1.165) is 5.56 Å². The van der Waals surface area contributed by atoms with E-state index in [0.29, 0.717) is 23.0 Å². The number of nitrogens with zero attached hydrogens (tertiary/aromatic N) is 2. The maximum Gasteiger partial charge on any atom is 0.238 e. The van der Waals surface area contributed by atoms with Gasteiger partial charge < -0.3 is 9.84 Å². The van der Waals surface area contributed by atoms with Crippen molar-refractivity contribution in [2.75, 3.05) is 5.32 Å². The van der Waals surface area contributed by atoms with Crippen molar-refractivity contribution >= 4 is 21.6 Å². The van der Waals surface area contributed by atoms with Gasteiger partial charge in [0.15, 0.2) is 0 Å². The van der Waals surface area contributed by atoms with Crippen molar-refractivity contribution in [1.82, 2.24) is 10.1 Å². The quantitative estimate of drug-likeness (QED) is 0.661. The number of carbonyl (C=O) groups is 1. The molecule has 9 heteroatoms. The number of anilines is 1. The van der Waals surface area contributed by atoms with Crippen LogP contribution in [-0.2, 0) is 26.7 Å². The van der Waals surface area contributed by atoms with Crippen LogP contribution in [0, 0.1) is 0 Å². The van der Waals surface area contributed by atoms with E-state index >= 15 is 0 Å². The molecule has 3 aromatic rings. The summed E-state index contributed by atoms with van der Waals surface area (Å²) in [6.45, 7) is 5.97. The van der Waals surface area contributed by atoms with Crippen LogP contribution in [0.5, 0.6) is 0 Å². The number of benzene rings is 2. The van der Waals surface area contributed by atoms with Gasteiger partial charge in [-0.05, 0) is 42.0 Å². The monoisotopic (exact) mass is 414 g/mol. The van der Waals surface area contributed by atoms with Crippen molar-refractivity contribution in [3.63, 3.8) is 0 Å². The lowest BCUT2D eigenvalue weighted by molar-refractivity contribution is -0.115. The highest BCUT2D eigenvalue weighted by molar-refractivity contribution is 7.89. The average molecular weight is 414 g/mol. The maximum atomic E-state index is 12.2. The molecule has 0 fully saturated rings. The van der Waals surface area contributed by atoms with Crippen LogP contribution < -0.4 is 10.5 Å². The van der Waals surface area contributed by atoms with Gasteiger partial charge in [0.2, 0.25) is 27.6 Å². The van der Waals surface area contributed by atoms with Crippen molar-refractivity contribution in [1.29, 1.82) is 0 Å². The maximum absolute atomic E-state index is 12.2. The lowest BCUT2D eigenvalue weighted by Gasteiger charge is -2.10. The Hall–Kier alpha value is -3.04. The van der Waals surface area contributed by atoms with Gasteiger partial charge in [-0.15, -0.1) is 0 Å². The van der Waals surface area contributed by atoms with E-state index in [4.69, 9.17) is 9.66 Å². The molecule has 1 aromatic heterocycles. The molecule has 1 heterocycles. The Morgan fingerprint density at radius 1 is 1.07 bits per heavy atom. The molecule has 0 bridgehead atoms. The molecule has 152 valence electrons. The van der Waals surface area contributed by atoms with Crippen molar-refractivity contribution < 1.29 is 17.7 Å². The number of hydrogen-bond acceptors (Lipinski definition) is 6. The second-order valence-electron chi connectivity index (χ2n) is 7.66. The highest BCUT2D eigenvalue weighted by Gasteiger charge is 2.22. The van der Waals surface area contributed by atoms with Crippen LogP contribution in [0.3, 0.4) is 0 Å². The first-order chi connectivity index (χ1) is 13.5. The van der Waals surface area contributed by atoms with Crippen LogP contribution in [0.1, 0.15) is 32.2 Å². The molecule has 29 heavy (non-hydrogen) atoms. The molecule has 8 nitrogen and oxygen atoms in total. The van der Waals surface area contributed by atoms with Gasteiger partial charge in [-0.2, -0.15) is 4.98 Å². The first kappa shape index (κ1) is 20.7. The smallest absolute Gasteiger partial charge is 0.238 e. The van der Waals surface area contributed by atoms with E-state index in [1.807, 2.05) is 20.8 Å². The Labute approximate surface area is 169 Å². The summed E-state index contributed by atoms with van der Waals surface area (Å²) in [6, 6.07) is 13.0. The molecule has 3 N–H and O–H groups in total. The average Bonchev–Trinajstić information content (AvgIpc) is 3.12. The zero-order chi connectivity index (χ0) is 21.2. The van der Waals surface area contributed by atoms with Crippen LogP contribution in [0.2, 0.25) is 0 Å². The molecule has 0 unspecified atom stereocenters. The highest BCUT2D eigenvalue weighted by atomic mass is 32.2. The van der Waals surface area contributed by atoms with E-state index < -0.39 is 10.0 Å². The van der Waals surface area contributed by atoms with Gasteiger partial charge in [0.1, 0.15) is 0 Å². The first-order valence-electron chi connectivity index (χ1n) is 8.88. The van der Waals surface area contributed by atoms with Gasteiger partial charge in [-0.1, -0.05) is 38.1 Å². The lowest BCUT2D eigenvalue weighted by Crippen LogP contribution is -2.15. The van der Waals surface area contributed by atoms with Crippen molar-refractivity contribution in [3.05, 3.63) is 60.0 Å². The van der Waals surface area contributed by atoms with E-state index in [1.54, 1.807) is 36.4 Å². The summed E-state index contributed by atoms with van der Waals surface area (Å²) in [6.07, 6.45) is 0.104. The third kappa shape index (κ3) is 5.27. The second-order valence-corrected chi connectivity index (χ2v) is 9.23. The predicted octanol–water partition coefficient (Wildman–Crippen LogP) is 2.86. The number of primary sulfonamides is 1. The predicted molar refractivity (Wildman–Crippen MR) is 109 cm³/mol. The number of carbonyl (C=O) groups excluding carboxylic acids is 1. The van der Waals surface area contributed by atoms with E-state index in [2.05, 4.69) is 15.5 Å². The van der Waals surface area contributed by atoms with Gasteiger partial charge >= 0.3 is 0 Å². The van der Waals surface area contributed by atoms with Gasteiger partial charge in [-0.25, -0.2) is 13.6 Å². The van der Waals surface area contributed by atoms with Gasteiger partial charge in [0, 0.05) is 16.7 Å². The third-order valence-electron chi connectivity index (χ3n) is 4.11. The zero-order valence-electron chi connectivity index (χ0n) is 16.3. The zero-order valence-corrected chi connectivity index (χ0v) is 17.2. The van der Waals surface area contributed by atoms with Crippen LogP contribution in [-0.4, -0.2) is 24.5 Å². The number of nitrogens with one attached hydrogen (secondary N) is 1. The fourth-order valence-corrected chi connectivity index (χ4v) is 3.05. The first-order valence-corrected chi connectivity index (χ1v) is 10.4. The van der Waals surface area contributed by atoms with Crippen LogP contribution >= 0.6 is 0 Å². The minimum atomic E-state index is -3.75. The largest absolute Gasteiger partial charge is 0.338 e. The molecule has 0 aliphatic rings. The number of sulfonamides is 1. The summed E-state index contributed by atoms with van der Waals surface area (Å²) < 4.78 is 27.8. The van der Waals surface area contributed by atoms with Gasteiger partial charge in [0.05, 0.1) is 11.3 Å². The van der Waals surface area contributed by atoms with E-state index in [-0.39, 0.29) is 22.6 Å². The van der Waals surface area contributed by atoms with E-state index in [1.165, 1.54) is 12.1 Å². The normalized spacial score (nSPS) is 12.0. The lowest BCUT2D eigenvalue weighted by atomic mass is 9.97. The summed E-state index contributed by atoms with van der Waals surface area (Å²) in [5, 5.41) is 11.9. The third-order valence-corrected chi connectivity index (χ3v) is 5.04. The fourth-order valence-electron chi connectivity index (χ4n) is 2.54. The summed E-state index contributed by atoms with van der Waals surface area (Å²) in [7, 11) is -3.75. The van der Waals surface area contributed by atoms with Crippen molar-refractivity contribution in [2.24, 2.45) is 5.14 Å². The highest BCUT2D eigenvalue weighted by Crippen LogP contribution is 2.24. The van der Waals surface area contributed by atoms with Gasteiger partial charge in [-0.3, -0.25) is 4.79 Å². The van der Waals surface area contributed by atoms with Crippen LogP contribution in [0.25, 0.3) is 11.4 Å². The summed E-state index contributed by atoms with van der Waals surface area (Å²) in [4.78, 5) is 16.7. The summed E-state index contributed by atoms with van der Waals surface area (Å²) in [5.41, 5.74) is 1.85. The van der Waals surface area contributed by atoms with Crippen molar-refractivity contribution in [3.8, 4) is 11.4 Å². The van der Waals surface area contributed by atoms with Gasteiger partial charge in [0.25, 0.3) is 0 Å². The molecule has 0 saturated carbocycles. The summed E-state index contributed by atoms with van der Waals surface area (Å²) in [5.74, 6) is 0.816. The van der Waals surface area contributed by atoms with Crippen LogP contribution in [0.15, 0.2) is 57.9 Å². The minimum absolute atomic E-state index is 0.00771. The number of nitrogens with two attached hydrogens (primary N) is 1. The molecular formula is C20H22N4O4S. The van der Waals surface area contributed by atoms with Crippen LogP contribution in [0.4, 0.5) is 5.69 Å². The minimum Gasteiger partial charge on any atom is -0.338 e. The molecule has 0 aliphatic carbocycles. The number of aromatic nitrogens is 2. The molecule has 0 saturated heterocycles. The Morgan fingerprint density at radius 2 is 1.69 bits per heavy atom. The van der Waals surface area contributed by atoms with E-state index in [9.17, 15) is 13.2 Å². The Morgan fingerprint density at radius 3 is 2.21 bits per heavy atom. The number of amides is 1. The van der Waals surface area contributed by atoms with Crippen molar-refractivity contribution in [2.45, 2.75) is 37.5 Å². The number of rotatable bonds is 5. The second kappa shape index (κ2) is 7.76. The molecule has 1 amide bonds. The molecule has 0 radical (unpaired) electrons. The molecule has 0 aliphatic heterocycles. The Bertz CT molecular complexity index is 1110. The molecule has 2 aromatic carbocycles. The number of hydrogen-bond donors (Lipinski definition) is 2. The summed E-state index contributed by atoms with van der Waals surface area (Å²) >= 11 is 0. The SMILES string of the molecule is CC(C)(C)c1nc(-c2ccc(NC(=O)Cc3ccc(S(N)(=O)=O)cc3)cc2)no1. The molecule has 0 spiro atoms. The standard InChI is InChI=1S/C20H22N4O4S/c1-20(2,3)19-23-18(24-28-19)14-6-8-15(9-7-14)22-17(25)12-13-4-10-16(11-5-13)29(21,26)27/h4-11H,12H2,1-3H3,(H,22,25)(H2,21,26,27). The molecule has 0 atom stereocenters. The fraction of sp³-hybridized carbons (Fsp3) is 0.250. The Balaban J connectivity index is 1.63. The molecule has 3 rings (SSSR count). The molecular weight excluding hydrogens is 392 g/mol.